The Bertz CT molecular complexity index is 1240. The van der Waals surface area contributed by atoms with Crippen molar-refractivity contribution >= 4 is 45.0 Å². The first-order valence-corrected chi connectivity index (χ1v) is 12.3. The van der Waals surface area contributed by atoms with Crippen LogP contribution in [0.5, 0.6) is 5.75 Å². The van der Waals surface area contributed by atoms with Crippen LogP contribution in [0.4, 0.5) is 5.13 Å². The number of hydrogen-bond acceptors (Lipinski definition) is 8. The number of anilines is 1. The first-order valence-electron chi connectivity index (χ1n) is 11.5. The summed E-state index contributed by atoms with van der Waals surface area (Å²) >= 11 is 1.47. The summed E-state index contributed by atoms with van der Waals surface area (Å²) in [6.45, 7) is 10.1. The average Bonchev–Trinajstić information content (AvgIpc) is 3.29. The van der Waals surface area contributed by atoms with E-state index in [1.807, 2.05) is 19.1 Å². The number of hydrogen-bond donors (Lipinski definition) is 0. The minimum Gasteiger partial charge on any atom is -0.494 e. The number of benzene rings is 1. The fraction of sp³-hybridized carbons (Fsp3) is 0.500. The van der Waals surface area contributed by atoms with Gasteiger partial charge in [-0.2, -0.15) is 0 Å². The highest BCUT2D eigenvalue weighted by Crippen LogP contribution is 2.36. The van der Waals surface area contributed by atoms with Gasteiger partial charge < -0.3 is 9.47 Å². The van der Waals surface area contributed by atoms with Crippen LogP contribution in [0.15, 0.2) is 23.3 Å². The van der Waals surface area contributed by atoms with Gasteiger partial charge in [-0.3, -0.25) is 24.0 Å². The van der Waals surface area contributed by atoms with Crippen molar-refractivity contribution in [3.63, 3.8) is 0 Å². The van der Waals surface area contributed by atoms with Gasteiger partial charge >= 0.3 is 0 Å². The number of carbonyl (C=O) groups is 1. The number of aryl methyl sites for hydroxylation is 2. The lowest BCUT2D eigenvalue weighted by atomic mass is 10.2. The third-order valence-corrected chi connectivity index (χ3v) is 7.44. The van der Waals surface area contributed by atoms with Crippen LogP contribution in [0, 0.1) is 20.8 Å². The molecule has 2 aromatic heterocycles. The van der Waals surface area contributed by atoms with Crippen LogP contribution in [0.2, 0.25) is 0 Å². The highest BCUT2D eigenvalue weighted by atomic mass is 35.5. The van der Waals surface area contributed by atoms with Crippen LogP contribution in [-0.2, 0) is 16.1 Å². The summed E-state index contributed by atoms with van der Waals surface area (Å²) in [5.41, 5.74) is 2.85. The molecule has 0 saturated carbocycles. The van der Waals surface area contributed by atoms with Crippen LogP contribution < -0.4 is 15.2 Å². The highest BCUT2D eigenvalue weighted by molar-refractivity contribution is 7.22. The van der Waals surface area contributed by atoms with E-state index in [-0.39, 0.29) is 30.4 Å². The summed E-state index contributed by atoms with van der Waals surface area (Å²) in [7, 11) is 1.62. The fourth-order valence-electron chi connectivity index (χ4n) is 4.00. The van der Waals surface area contributed by atoms with Crippen molar-refractivity contribution in [1.29, 1.82) is 0 Å². The smallest absolute Gasteiger partial charge is 0.256 e. The van der Waals surface area contributed by atoms with Gasteiger partial charge in [0, 0.05) is 37.4 Å². The van der Waals surface area contributed by atoms with Gasteiger partial charge in [0.05, 0.1) is 31.4 Å². The summed E-state index contributed by atoms with van der Waals surface area (Å²) in [5, 5.41) is 0.611. The van der Waals surface area contributed by atoms with Crippen LogP contribution in [0.1, 0.15) is 23.2 Å². The lowest BCUT2D eigenvalue weighted by molar-refractivity contribution is -0.119. The largest absolute Gasteiger partial charge is 0.494 e. The van der Waals surface area contributed by atoms with E-state index in [9.17, 15) is 9.59 Å². The molecule has 3 heterocycles. The van der Waals surface area contributed by atoms with Crippen molar-refractivity contribution in [1.82, 2.24) is 19.4 Å². The SMILES string of the molecule is COc1ccc(C)c2sc(N(CCCN3CCOCC3)C(=O)Cn3cnc(C)c(C)c3=O)nc12.Cl. The van der Waals surface area contributed by atoms with Gasteiger partial charge in [0.1, 0.15) is 17.8 Å². The Morgan fingerprint density at radius 3 is 2.69 bits per heavy atom. The number of halogens is 1. The molecule has 1 amide bonds. The molecule has 3 aromatic rings. The summed E-state index contributed by atoms with van der Waals surface area (Å²) in [5.74, 6) is 0.489. The molecule has 1 aliphatic heterocycles. The number of rotatable bonds is 8. The second kappa shape index (κ2) is 11.9. The van der Waals surface area contributed by atoms with Gasteiger partial charge in [0.25, 0.3) is 5.56 Å². The molecule has 1 aliphatic rings. The number of ether oxygens (including phenoxy) is 2. The van der Waals surface area contributed by atoms with E-state index in [2.05, 4.69) is 9.88 Å². The van der Waals surface area contributed by atoms with Crippen molar-refractivity contribution in [3.05, 3.63) is 45.6 Å². The van der Waals surface area contributed by atoms with Crippen molar-refractivity contribution in [2.45, 2.75) is 33.7 Å². The number of methoxy groups -OCH3 is 1. The minimum atomic E-state index is -0.198. The second-order valence-corrected chi connectivity index (χ2v) is 9.48. The van der Waals surface area contributed by atoms with E-state index in [0.717, 1.165) is 55.0 Å². The van der Waals surface area contributed by atoms with Gasteiger partial charge in [-0.05, 0) is 38.8 Å². The summed E-state index contributed by atoms with van der Waals surface area (Å²) in [6.07, 6.45) is 2.23. The van der Waals surface area contributed by atoms with E-state index in [1.165, 1.54) is 22.2 Å². The lowest BCUT2D eigenvalue weighted by Crippen LogP contribution is -2.41. The van der Waals surface area contributed by atoms with Gasteiger partial charge in [-0.25, -0.2) is 9.97 Å². The van der Waals surface area contributed by atoms with Gasteiger partial charge in [-0.15, -0.1) is 12.4 Å². The standard InChI is InChI=1S/C24H31N5O4S.ClH/c1-16-6-7-19(32-4)21-22(16)34-24(26-21)29(9-5-8-27-10-12-33-13-11-27)20(30)14-28-15-25-18(3)17(2)23(28)31;/h6-7,15H,5,8-14H2,1-4H3;1H. The molecule has 0 aliphatic carbocycles. The fourth-order valence-corrected chi connectivity index (χ4v) is 5.10. The van der Waals surface area contributed by atoms with Crippen LogP contribution >= 0.6 is 23.7 Å². The van der Waals surface area contributed by atoms with Gasteiger partial charge in [0.2, 0.25) is 5.91 Å². The normalized spacial score (nSPS) is 14.1. The maximum Gasteiger partial charge on any atom is 0.256 e. The van der Waals surface area contributed by atoms with Crippen molar-refractivity contribution in [3.8, 4) is 5.75 Å². The molecule has 1 aromatic carbocycles. The van der Waals surface area contributed by atoms with E-state index >= 15 is 0 Å². The molecule has 1 saturated heterocycles. The molecule has 0 N–H and O–H groups in total. The maximum atomic E-state index is 13.5. The Morgan fingerprint density at radius 2 is 1.97 bits per heavy atom. The maximum absolute atomic E-state index is 13.5. The monoisotopic (exact) mass is 521 g/mol. The Morgan fingerprint density at radius 1 is 1.23 bits per heavy atom. The lowest BCUT2D eigenvalue weighted by Gasteiger charge is -2.27. The van der Waals surface area contributed by atoms with E-state index < -0.39 is 0 Å². The Hall–Kier alpha value is -2.53. The number of aromatic nitrogens is 3. The zero-order valence-corrected chi connectivity index (χ0v) is 22.2. The third kappa shape index (κ3) is 6.00. The first-order chi connectivity index (χ1) is 16.4. The van der Waals surface area contributed by atoms with E-state index in [0.29, 0.717) is 28.7 Å². The number of amides is 1. The first kappa shape index (κ1) is 27.1. The molecule has 0 unspecified atom stereocenters. The molecule has 9 nitrogen and oxygen atoms in total. The average molecular weight is 522 g/mol. The number of thiazole rings is 1. The quantitative estimate of drug-likeness (QED) is 0.450. The molecular weight excluding hydrogens is 490 g/mol. The second-order valence-electron chi connectivity index (χ2n) is 8.50. The number of carbonyl (C=O) groups excluding carboxylic acids is 1. The van der Waals surface area contributed by atoms with E-state index in [1.54, 1.807) is 25.9 Å². The predicted octanol–water partition coefficient (Wildman–Crippen LogP) is 2.96. The van der Waals surface area contributed by atoms with Crippen LogP contribution in [-0.4, -0.2) is 71.8 Å². The molecule has 11 heteroatoms. The summed E-state index contributed by atoms with van der Waals surface area (Å²) in [4.78, 5) is 39.3. The van der Waals surface area contributed by atoms with Gasteiger partial charge in [0.15, 0.2) is 5.13 Å². The molecule has 190 valence electrons. The molecule has 1 fully saturated rings. The van der Waals surface area contributed by atoms with E-state index in [4.69, 9.17) is 14.5 Å². The molecule has 0 radical (unpaired) electrons. The molecular formula is C24H32ClN5O4S. The molecule has 0 atom stereocenters. The van der Waals surface area contributed by atoms with Crippen molar-refractivity contribution in [2.24, 2.45) is 0 Å². The Balaban J connectivity index is 0.00000342. The van der Waals surface area contributed by atoms with Gasteiger partial charge in [-0.1, -0.05) is 17.4 Å². The van der Waals surface area contributed by atoms with Crippen LogP contribution in [0.3, 0.4) is 0 Å². The molecule has 0 bridgehead atoms. The highest BCUT2D eigenvalue weighted by Gasteiger charge is 2.23. The minimum absolute atomic E-state index is 0. The molecule has 4 rings (SSSR count). The van der Waals surface area contributed by atoms with Crippen LogP contribution in [0.25, 0.3) is 10.2 Å². The topological polar surface area (TPSA) is 89.8 Å². The number of nitrogens with zero attached hydrogens (tertiary/aromatic N) is 5. The third-order valence-electron chi connectivity index (χ3n) is 6.22. The predicted molar refractivity (Wildman–Crippen MR) is 140 cm³/mol. The molecule has 0 spiro atoms. The zero-order valence-electron chi connectivity index (χ0n) is 20.6. The summed E-state index contributed by atoms with van der Waals surface area (Å²) in [6, 6.07) is 3.89. The zero-order chi connectivity index (χ0) is 24.2. The van der Waals surface area contributed by atoms with Crippen molar-refractivity contribution in [2.75, 3.05) is 51.4 Å². The number of morpholine rings is 1. The number of fused-ring (bicyclic) bond motifs is 1. The molecule has 35 heavy (non-hydrogen) atoms. The Kier molecular flexibility index (Phi) is 9.23. The van der Waals surface area contributed by atoms with Crippen molar-refractivity contribution < 1.29 is 14.3 Å². The summed E-state index contributed by atoms with van der Waals surface area (Å²) < 4.78 is 13.3. The Labute approximate surface area is 215 Å².